The van der Waals surface area contributed by atoms with E-state index in [0.717, 1.165) is 23.2 Å². The van der Waals surface area contributed by atoms with E-state index in [1.807, 2.05) is 55.5 Å². The first kappa shape index (κ1) is 19.2. The van der Waals surface area contributed by atoms with Crippen molar-refractivity contribution in [1.29, 1.82) is 0 Å². The molecule has 0 radical (unpaired) electrons. The third-order valence-electron chi connectivity index (χ3n) is 4.44. The number of thioether (sulfide) groups is 1. The number of hydrogen-bond donors (Lipinski definition) is 1. The van der Waals surface area contributed by atoms with E-state index in [9.17, 15) is 4.79 Å². The van der Waals surface area contributed by atoms with Crippen molar-refractivity contribution in [3.05, 3.63) is 60.2 Å². The first-order valence-corrected chi connectivity index (χ1v) is 9.91. The Labute approximate surface area is 163 Å². The van der Waals surface area contributed by atoms with Crippen LogP contribution in [0.1, 0.15) is 38.7 Å². The topological polar surface area (TPSA) is 68.0 Å². The Morgan fingerprint density at radius 2 is 1.78 bits per heavy atom. The number of hydrogen-bond acceptors (Lipinski definition) is 5. The van der Waals surface area contributed by atoms with Crippen LogP contribution < -0.4 is 5.32 Å². The van der Waals surface area contributed by atoms with Gasteiger partial charge in [-0.25, -0.2) is 0 Å². The molecule has 0 fully saturated rings. The highest BCUT2D eigenvalue weighted by Gasteiger charge is 2.20. The molecule has 1 N–H and O–H groups in total. The molecule has 0 aliphatic rings. The number of benzene rings is 2. The summed E-state index contributed by atoms with van der Waals surface area (Å²) >= 11 is 1.25. The molecule has 1 heterocycles. The zero-order valence-electron chi connectivity index (χ0n) is 15.7. The van der Waals surface area contributed by atoms with E-state index < -0.39 is 0 Å². The molecule has 5 nitrogen and oxygen atoms in total. The number of carbonyl (C=O) groups is 1. The zero-order valence-corrected chi connectivity index (χ0v) is 16.5. The van der Waals surface area contributed by atoms with Crippen LogP contribution in [0.15, 0.2) is 64.2 Å². The molecule has 0 bridgehead atoms. The Morgan fingerprint density at radius 1 is 1.07 bits per heavy atom. The molecular formula is C21H23N3O2S. The quantitative estimate of drug-likeness (QED) is 0.557. The van der Waals surface area contributed by atoms with Gasteiger partial charge >= 0.3 is 0 Å². The average Bonchev–Trinajstić information content (AvgIpc) is 3.17. The van der Waals surface area contributed by atoms with E-state index >= 15 is 0 Å². The number of nitrogens with zero attached hydrogens (tertiary/aromatic N) is 2. The minimum absolute atomic E-state index is 0.0878. The fourth-order valence-corrected chi connectivity index (χ4v) is 3.34. The van der Waals surface area contributed by atoms with Gasteiger partial charge in [0.2, 0.25) is 11.8 Å². The van der Waals surface area contributed by atoms with E-state index in [2.05, 4.69) is 35.4 Å². The van der Waals surface area contributed by atoms with Gasteiger partial charge in [-0.3, -0.25) is 4.79 Å². The van der Waals surface area contributed by atoms with Gasteiger partial charge in [0.15, 0.2) is 0 Å². The van der Waals surface area contributed by atoms with Gasteiger partial charge in [-0.1, -0.05) is 62.0 Å². The highest BCUT2D eigenvalue weighted by atomic mass is 32.2. The first-order chi connectivity index (χ1) is 13.1. The van der Waals surface area contributed by atoms with E-state index in [1.54, 1.807) is 0 Å². The van der Waals surface area contributed by atoms with Gasteiger partial charge < -0.3 is 9.73 Å². The largest absolute Gasteiger partial charge is 0.411 e. The standard InChI is InChI=1S/C21H23N3O2S/c1-4-14(2)17-12-8-9-13-18(17)22-19(25)15(3)27-21-24-23-20(26-21)16-10-6-5-7-11-16/h5-15H,4H2,1-3H3,(H,22,25). The van der Waals surface area contributed by atoms with E-state index in [1.165, 1.54) is 11.8 Å². The predicted molar refractivity (Wildman–Crippen MR) is 109 cm³/mol. The summed E-state index contributed by atoms with van der Waals surface area (Å²) in [6, 6.07) is 17.5. The van der Waals surface area contributed by atoms with Crippen LogP contribution in [0.25, 0.3) is 11.5 Å². The Balaban J connectivity index is 1.66. The lowest BCUT2D eigenvalue weighted by molar-refractivity contribution is -0.115. The Bertz CT molecular complexity index is 895. The summed E-state index contributed by atoms with van der Waals surface area (Å²) < 4.78 is 5.68. The minimum Gasteiger partial charge on any atom is -0.411 e. The molecule has 0 saturated carbocycles. The molecule has 1 aromatic heterocycles. The van der Waals surface area contributed by atoms with Crippen LogP contribution in [0.2, 0.25) is 0 Å². The fourth-order valence-electron chi connectivity index (χ4n) is 2.65. The number of rotatable bonds is 7. The smallest absolute Gasteiger partial charge is 0.277 e. The van der Waals surface area contributed by atoms with Crippen LogP contribution in [0.4, 0.5) is 5.69 Å². The number of nitrogens with one attached hydrogen (secondary N) is 1. The monoisotopic (exact) mass is 381 g/mol. The molecular weight excluding hydrogens is 358 g/mol. The Hall–Kier alpha value is -2.60. The highest BCUT2D eigenvalue weighted by molar-refractivity contribution is 8.00. The molecule has 3 aromatic rings. The molecule has 0 saturated heterocycles. The molecule has 0 aliphatic heterocycles. The Morgan fingerprint density at radius 3 is 2.52 bits per heavy atom. The lowest BCUT2D eigenvalue weighted by Crippen LogP contribution is -2.23. The molecule has 140 valence electrons. The molecule has 1 amide bonds. The molecule has 2 atom stereocenters. The van der Waals surface area contributed by atoms with Crippen LogP contribution in [0.3, 0.4) is 0 Å². The molecule has 2 aromatic carbocycles. The summed E-state index contributed by atoms with van der Waals surface area (Å²) in [6.07, 6.45) is 1.02. The van der Waals surface area contributed by atoms with Crippen molar-refractivity contribution in [2.75, 3.05) is 5.32 Å². The van der Waals surface area contributed by atoms with Crippen LogP contribution in [0, 0.1) is 0 Å². The van der Waals surface area contributed by atoms with Crippen molar-refractivity contribution in [3.63, 3.8) is 0 Å². The van der Waals surface area contributed by atoms with Gasteiger partial charge in [-0.05, 0) is 43.0 Å². The molecule has 27 heavy (non-hydrogen) atoms. The van der Waals surface area contributed by atoms with Gasteiger partial charge in [-0.2, -0.15) is 0 Å². The van der Waals surface area contributed by atoms with Crippen LogP contribution >= 0.6 is 11.8 Å². The van der Waals surface area contributed by atoms with E-state index in [0.29, 0.717) is 17.0 Å². The van der Waals surface area contributed by atoms with Crippen molar-refractivity contribution in [2.24, 2.45) is 0 Å². The second-order valence-electron chi connectivity index (χ2n) is 6.39. The lowest BCUT2D eigenvalue weighted by Gasteiger charge is -2.17. The number of aromatic nitrogens is 2. The fraction of sp³-hybridized carbons (Fsp3) is 0.286. The highest BCUT2D eigenvalue weighted by Crippen LogP contribution is 2.29. The molecule has 2 unspecified atom stereocenters. The zero-order chi connectivity index (χ0) is 19.2. The van der Waals surface area contributed by atoms with Gasteiger partial charge in [0.05, 0.1) is 5.25 Å². The van der Waals surface area contributed by atoms with Crippen LogP contribution in [-0.2, 0) is 4.79 Å². The summed E-state index contributed by atoms with van der Waals surface area (Å²) in [6.45, 7) is 6.13. The second-order valence-corrected chi connectivity index (χ2v) is 7.68. The van der Waals surface area contributed by atoms with Crippen LogP contribution in [0.5, 0.6) is 0 Å². The van der Waals surface area contributed by atoms with Crippen molar-refractivity contribution in [2.45, 2.75) is 43.6 Å². The summed E-state index contributed by atoms with van der Waals surface area (Å²) in [7, 11) is 0. The average molecular weight is 382 g/mol. The van der Waals surface area contributed by atoms with Crippen molar-refractivity contribution < 1.29 is 9.21 Å². The van der Waals surface area contributed by atoms with Gasteiger partial charge in [0.25, 0.3) is 5.22 Å². The predicted octanol–water partition coefficient (Wildman–Crippen LogP) is 5.37. The van der Waals surface area contributed by atoms with Crippen LogP contribution in [-0.4, -0.2) is 21.4 Å². The SMILES string of the molecule is CCC(C)c1ccccc1NC(=O)C(C)Sc1nnc(-c2ccccc2)o1. The normalized spacial score (nSPS) is 13.1. The molecule has 6 heteroatoms. The summed E-state index contributed by atoms with van der Waals surface area (Å²) in [5.41, 5.74) is 2.87. The maximum atomic E-state index is 12.6. The number of anilines is 1. The molecule has 0 aliphatic carbocycles. The lowest BCUT2D eigenvalue weighted by atomic mass is 9.97. The van der Waals surface area contributed by atoms with Gasteiger partial charge in [0, 0.05) is 11.3 Å². The maximum Gasteiger partial charge on any atom is 0.277 e. The third kappa shape index (κ3) is 4.77. The van der Waals surface area contributed by atoms with E-state index in [4.69, 9.17) is 4.42 Å². The Kier molecular flexibility index (Phi) is 6.29. The number of para-hydroxylation sites is 1. The van der Waals surface area contributed by atoms with Crippen molar-refractivity contribution in [1.82, 2.24) is 10.2 Å². The van der Waals surface area contributed by atoms with Crippen molar-refractivity contribution >= 4 is 23.4 Å². The molecule has 0 spiro atoms. The summed E-state index contributed by atoms with van der Waals surface area (Å²) in [5, 5.41) is 11.2. The molecule has 3 rings (SSSR count). The maximum absolute atomic E-state index is 12.6. The third-order valence-corrected chi connectivity index (χ3v) is 5.37. The summed E-state index contributed by atoms with van der Waals surface area (Å²) in [5.74, 6) is 0.747. The van der Waals surface area contributed by atoms with Gasteiger partial charge in [-0.15, -0.1) is 10.2 Å². The number of carbonyl (C=O) groups excluding carboxylic acids is 1. The van der Waals surface area contributed by atoms with E-state index in [-0.39, 0.29) is 11.2 Å². The second kappa shape index (κ2) is 8.86. The minimum atomic E-state index is -0.362. The summed E-state index contributed by atoms with van der Waals surface area (Å²) in [4.78, 5) is 12.6. The number of amides is 1. The van der Waals surface area contributed by atoms with Gasteiger partial charge in [0.1, 0.15) is 0 Å². The van der Waals surface area contributed by atoms with Crippen molar-refractivity contribution in [3.8, 4) is 11.5 Å². The first-order valence-electron chi connectivity index (χ1n) is 9.03.